The van der Waals surface area contributed by atoms with Crippen molar-refractivity contribution in [2.75, 3.05) is 24.3 Å². The topological polar surface area (TPSA) is 58.4 Å². The van der Waals surface area contributed by atoms with Gasteiger partial charge in [-0.3, -0.25) is 4.79 Å². The summed E-state index contributed by atoms with van der Waals surface area (Å²) in [6.07, 6.45) is 2.56. The number of anilines is 2. The number of nitrogens with two attached hydrogens (primary N) is 1. The number of halogens is 1. The first kappa shape index (κ1) is 14.2. The molecule has 0 aromatic heterocycles. The molecule has 1 aliphatic carbocycles. The van der Waals surface area contributed by atoms with Gasteiger partial charge >= 0.3 is 0 Å². The summed E-state index contributed by atoms with van der Waals surface area (Å²) in [5.41, 5.74) is 7.55. The van der Waals surface area contributed by atoms with Gasteiger partial charge in [-0.2, -0.15) is 0 Å². The predicted octanol–water partition coefficient (Wildman–Crippen LogP) is 2.47. The van der Waals surface area contributed by atoms with Crippen LogP contribution in [0.2, 0.25) is 5.02 Å². The van der Waals surface area contributed by atoms with Crippen LogP contribution in [0.3, 0.4) is 0 Å². The second-order valence-electron chi connectivity index (χ2n) is 5.32. The van der Waals surface area contributed by atoms with Crippen LogP contribution in [-0.2, 0) is 4.79 Å². The Bertz CT molecular complexity index is 476. The summed E-state index contributed by atoms with van der Waals surface area (Å²) < 4.78 is 0. The fourth-order valence-corrected chi connectivity index (χ4v) is 2.66. The fourth-order valence-electron chi connectivity index (χ4n) is 2.49. The zero-order valence-corrected chi connectivity index (χ0v) is 12.1. The summed E-state index contributed by atoms with van der Waals surface area (Å²) in [5, 5.41) is 3.59. The Kier molecular flexibility index (Phi) is 4.32. The molecule has 0 radical (unpaired) electrons. The van der Waals surface area contributed by atoms with Gasteiger partial charge in [0.25, 0.3) is 0 Å². The number of carbonyl (C=O) groups is 1. The summed E-state index contributed by atoms with van der Waals surface area (Å²) in [5.74, 6) is 0.0577. The first-order valence-corrected chi connectivity index (χ1v) is 6.88. The molecule has 104 valence electrons. The standard InChI is InChI=1S/C14H20ClN3O/c1-18(2)13-6-4-10(15)8-12(13)17-14(19)9-3-5-11(16)7-9/h4,6,8-9,11H,3,5,7,16H2,1-2H3,(H,17,19). The summed E-state index contributed by atoms with van der Waals surface area (Å²) in [6.45, 7) is 0. The zero-order valence-electron chi connectivity index (χ0n) is 11.3. The summed E-state index contributed by atoms with van der Waals surface area (Å²) >= 11 is 6.00. The molecule has 0 saturated heterocycles. The first-order valence-electron chi connectivity index (χ1n) is 6.50. The molecule has 2 unspecified atom stereocenters. The van der Waals surface area contributed by atoms with E-state index in [0.717, 1.165) is 30.6 Å². The average Bonchev–Trinajstić information content (AvgIpc) is 2.75. The third-order valence-corrected chi connectivity index (χ3v) is 3.78. The van der Waals surface area contributed by atoms with Gasteiger partial charge in [-0.05, 0) is 37.5 Å². The lowest BCUT2D eigenvalue weighted by Gasteiger charge is -2.19. The van der Waals surface area contributed by atoms with Crippen LogP contribution in [0.25, 0.3) is 0 Å². The quantitative estimate of drug-likeness (QED) is 0.895. The normalized spacial score (nSPS) is 22.3. The Labute approximate surface area is 118 Å². The molecule has 1 amide bonds. The average molecular weight is 282 g/mol. The third kappa shape index (κ3) is 3.39. The molecule has 1 aromatic carbocycles. The van der Waals surface area contributed by atoms with Crippen molar-refractivity contribution < 1.29 is 4.79 Å². The molecule has 0 aliphatic heterocycles. The number of carbonyl (C=O) groups excluding carboxylic acids is 1. The summed E-state index contributed by atoms with van der Waals surface area (Å²) in [7, 11) is 3.87. The Hall–Kier alpha value is -1.26. The largest absolute Gasteiger partial charge is 0.376 e. The highest BCUT2D eigenvalue weighted by molar-refractivity contribution is 6.31. The molecule has 1 saturated carbocycles. The van der Waals surface area contributed by atoms with E-state index in [4.69, 9.17) is 17.3 Å². The van der Waals surface area contributed by atoms with Gasteiger partial charge in [0.05, 0.1) is 11.4 Å². The Morgan fingerprint density at radius 2 is 2.16 bits per heavy atom. The van der Waals surface area contributed by atoms with Crippen LogP contribution in [-0.4, -0.2) is 26.0 Å². The van der Waals surface area contributed by atoms with Crippen LogP contribution in [0, 0.1) is 5.92 Å². The van der Waals surface area contributed by atoms with Crippen LogP contribution in [0.4, 0.5) is 11.4 Å². The summed E-state index contributed by atoms with van der Waals surface area (Å²) in [4.78, 5) is 14.2. The van der Waals surface area contributed by atoms with Crippen LogP contribution in [0.15, 0.2) is 18.2 Å². The van der Waals surface area contributed by atoms with Crippen LogP contribution in [0.1, 0.15) is 19.3 Å². The van der Waals surface area contributed by atoms with E-state index in [9.17, 15) is 4.79 Å². The minimum absolute atomic E-state index is 0.0176. The second-order valence-corrected chi connectivity index (χ2v) is 5.75. The number of hydrogen-bond acceptors (Lipinski definition) is 3. The Balaban J connectivity index is 2.14. The van der Waals surface area contributed by atoms with Gasteiger partial charge < -0.3 is 16.0 Å². The first-order chi connectivity index (χ1) is 8.97. The number of nitrogens with zero attached hydrogens (tertiary/aromatic N) is 1. The van der Waals surface area contributed by atoms with Crippen molar-refractivity contribution in [1.29, 1.82) is 0 Å². The third-order valence-electron chi connectivity index (χ3n) is 3.54. The van der Waals surface area contributed by atoms with Crippen molar-refractivity contribution in [3.8, 4) is 0 Å². The van der Waals surface area contributed by atoms with Gasteiger partial charge in [0.1, 0.15) is 0 Å². The highest BCUT2D eigenvalue weighted by Gasteiger charge is 2.28. The van der Waals surface area contributed by atoms with Crippen LogP contribution < -0.4 is 16.0 Å². The number of hydrogen-bond donors (Lipinski definition) is 2. The monoisotopic (exact) mass is 281 g/mol. The van der Waals surface area contributed by atoms with Gasteiger partial charge in [0, 0.05) is 31.1 Å². The SMILES string of the molecule is CN(C)c1ccc(Cl)cc1NC(=O)C1CCC(N)C1. The molecule has 0 bridgehead atoms. The molecular weight excluding hydrogens is 262 g/mol. The lowest BCUT2D eigenvalue weighted by molar-refractivity contribution is -0.119. The van der Waals surface area contributed by atoms with Crippen molar-refractivity contribution in [3.63, 3.8) is 0 Å². The highest BCUT2D eigenvalue weighted by atomic mass is 35.5. The van der Waals surface area contributed by atoms with Crippen LogP contribution in [0.5, 0.6) is 0 Å². The van der Waals surface area contributed by atoms with Crippen molar-refractivity contribution in [2.45, 2.75) is 25.3 Å². The van der Waals surface area contributed by atoms with E-state index < -0.39 is 0 Å². The van der Waals surface area contributed by atoms with E-state index in [1.165, 1.54) is 0 Å². The maximum atomic E-state index is 12.2. The van der Waals surface area contributed by atoms with E-state index in [1.807, 2.05) is 31.1 Å². The minimum atomic E-state index is 0.0176. The highest BCUT2D eigenvalue weighted by Crippen LogP contribution is 2.30. The molecule has 5 heteroatoms. The van der Waals surface area contributed by atoms with Crippen molar-refractivity contribution in [2.24, 2.45) is 11.7 Å². The van der Waals surface area contributed by atoms with E-state index in [1.54, 1.807) is 6.07 Å². The molecule has 19 heavy (non-hydrogen) atoms. The molecule has 1 aromatic rings. The van der Waals surface area contributed by atoms with Crippen molar-refractivity contribution in [1.82, 2.24) is 0 Å². The van der Waals surface area contributed by atoms with Gasteiger partial charge in [-0.1, -0.05) is 11.6 Å². The summed E-state index contributed by atoms with van der Waals surface area (Å²) in [6, 6.07) is 5.66. The van der Waals surface area contributed by atoms with Crippen molar-refractivity contribution >= 4 is 28.9 Å². The Morgan fingerprint density at radius 1 is 1.42 bits per heavy atom. The molecule has 4 nitrogen and oxygen atoms in total. The van der Waals surface area contributed by atoms with Crippen LogP contribution >= 0.6 is 11.6 Å². The van der Waals surface area contributed by atoms with E-state index in [0.29, 0.717) is 5.02 Å². The maximum absolute atomic E-state index is 12.2. The van der Waals surface area contributed by atoms with Gasteiger partial charge in [-0.25, -0.2) is 0 Å². The maximum Gasteiger partial charge on any atom is 0.227 e. The fraction of sp³-hybridized carbons (Fsp3) is 0.500. The number of rotatable bonds is 3. The van der Waals surface area contributed by atoms with Crippen molar-refractivity contribution in [3.05, 3.63) is 23.2 Å². The van der Waals surface area contributed by atoms with Gasteiger partial charge in [0.15, 0.2) is 0 Å². The molecule has 1 fully saturated rings. The molecule has 2 rings (SSSR count). The van der Waals surface area contributed by atoms with E-state index >= 15 is 0 Å². The number of nitrogens with one attached hydrogen (secondary N) is 1. The predicted molar refractivity (Wildman–Crippen MR) is 79.7 cm³/mol. The molecule has 0 heterocycles. The number of benzene rings is 1. The molecule has 1 aliphatic rings. The Morgan fingerprint density at radius 3 is 2.74 bits per heavy atom. The zero-order chi connectivity index (χ0) is 14.0. The lowest BCUT2D eigenvalue weighted by atomic mass is 10.1. The molecule has 2 atom stereocenters. The number of amides is 1. The lowest BCUT2D eigenvalue weighted by Crippen LogP contribution is -2.24. The molecular formula is C14H20ClN3O. The minimum Gasteiger partial charge on any atom is -0.376 e. The van der Waals surface area contributed by atoms with Gasteiger partial charge in [-0.15, -0.1) is 0 Å². The van der Waals surface area contributed by atoms with E-state index in [2.05, 4.69) is 5.32 Å². The second kappa shape index (κ2) is 5.80. The smallest absolute Gasteiger partial charge is 0.227 e. The van der Waals surface area contributed by atoms with Gasteiger partial charge in [0.2, 0.25) is 5.91 Å². The molecule has 0 spiro atoms. The molecule has 3 N–H and O–H groups in total. The van der Waals surface area contributed by atoms with E-state index in [-0.39, 0.29) is 17.9 Å².